The van der Waals surface area contributed by atoms with Crippen molar-refractivity contribution in [1.29, 1.82) is 0 Å². The van der Waals surface area contributed by atoms with Crippen LogP contribution in [0.4, 0.5) is 17.6 Å². The Balaban J connectivity index is 1.87. The average molecular weight is 433 g/mol. The van der Waals surface area contributed by atoms with E-state index < -0.39 is 35.3 Å². The van der Waals surface area contributed by atoms with E-state index in [4.69, 9.17) is 0 Å². The van der Waals surface area contributed by atoms with Gasteiger partial charge in [0.1, 0.15) is 5.82 Å². The van der Waals surface area contributed by atoms with E-state index in [1.54, 1.807) is 6.92 Å². The number of carbonyl (C=O) groups is 2. The van der Waals surface area contributed by atoms with Crippen LogP contribution < -0.4 is 5.32 Å². The Bertz CT molecular complexity index is 1130. The van der Waals surface area contributed by atoms with Crippen molar-refractivity contribution in [1.82, 2.24) is 15.1 Å². The van der Waals surface area contributed by atoms with Crippen LogP contribution in [0.25, 0.3) is 5.69 Å². The smallest absolute Gasteiger partial charge is 0.343 e. The van der Waals surface area contributed by atoms with Gasteiger partial charge in [-0.3, -0.25) is 9.59 Å². The molecule has 31 heavy (non-hydrogen) atoms. The Morgan fingerprint density at radius 3 is 2.32 bits per heavy atom. The molecular formula is C22H19F4N3O2. The minimum atomic E-state index is -4.53. The van der Waals surface area contributed by atoms with Crippen LogP contribution in [-0.4, -0.2) is 21.5 Å². The molecule has 0 saturated carbocycles. The molecule has 1 amide bonds. The molecule has 0 aliphatic carbocycles. The standard InChI is InChI=1S/C22H19F4N3O2/c1-12(15-7-9-17(23)10-8-15)27-21(31)20(30)19-13(2)28-29(14(19)3)18-6-4-5-16(11-18)22(24,25)26/h4-12H,1-3H3,(H,27,31)/t12-/m0/s1. The third kappa shape index (κ3) is 4.65. The van der Waals surface area contributed by atoms with Gasteiger partial charge in [-0.1, -0.05) is 18.2 Å². The minimum Gasteiger partial charge on any atom is -0.343 e. The van der Waals surface area contributed by atoms with Gasteiger partial charge in [0.05, 0.1) is 34.2 Å². The fourth-order valence-corrected chi connectivity index (χ4v) is 3.25. The highest BCUT2D eigenvalue weighted by molar-refractivity contribution is 6.43. The lowest BCUT2D eigenvalue weighted by Gasteiger charge is -2.14. The van der Waals surface area contributed by atoms with Crippen molar-refractivity contribution in [3.05, 3.63) is 82.4 Å². The summed E-state index contributed by atoms with van der Waals surface area (Å²) in [7, 11) is 0. The van der Waals surface area contributed by atoms with Gasteiger partial charge in [0.2, 0.25) is 0 Å². The second-order valence-corrected chi connectivity index (χ2v) is 7.08. The van der Waals surface area contributed by atoms with Gasteiger partial charge in [-0.2, -0.15) is 18.3 Å². The number of halogens is 4. The molecule has 1 aromatic heterocycles. The molecule has 0 unspecified atom stereocenters. The number of nitrogens with one attached hydrogen (secondary N) is 1. The predicted octanol–water partition coefficient (Wildman–Crippen LogP) is 4.71. The molecule has 0 aliphatic rings. The van der Waals surface area contributed by atoms with Crippen LogP contribution >= 0.6 is 0 Å². The Hall–Kier alpha value is -3.49. The van der Waals surface area contributed by atoms with E-state index in [1.807, 2.05) is 0 Å². The zero-order valence-electron chi connectivity index (χ0n) is 16.9. The number of nitrogens with zero attached hydrogens (tertiary/aromatic N) is 2. The highest BCUT2D eigenvalue weighted by Crippen LogP contribution is 2.31. The molecule has 1 heterocycles. The number of Topliss-reactive ketones (excluding diaryl/α,β-unsaturated/α-hetero) is 1. The van der Waals surface area contributed by atoms with E-state index in [1.165, 1.54) is 54.9 Å². The van der Waals surface area contributed by atoms with Gasteiger partial charge in [0.25, 0.3) is 11.7 Å². The summed E-state index contributed by atoms with van der Waals surface area (Å²) in [5.41, 5.74) is 0.346. The molecule has 9 heteroatoms. The van der Waals surface area contributed by atoms with Crippen LogP contribution in [-0.2, 0) is 11.0 Å². The second kappa shape index (κ2) is 8.33. The van der Waals surface area contributed by atoms with Gasteiger partial charge < -0.3 is 5.32 Å². The maximum absolute atomic E-state index is 13.1. The van der Waals surface area contributed by atoms with E-state index in [-0.39, 0.29) is 22.6 Å². The van der Waals surface area contributed by atoms with Crippen LogP contribution in [0.5, 0.6) is 0 Å². The first-order valence-electron chi connectivity index (χ1n) is 9.33. The van der Waals surface area contributed by atoms with Crippen LogP contribution in [0.2, 0.25) is 0 Å². The summed E-state index contributed by atoms with van der Waals surface area (Å²) >= 11 is 0. The molecule has 0 bridgehead atoms. The molecule has 5 nitrogen and oxygen atoms in total. The van der Waals surface area contributed by atoms with Crippen LogP contribution in [0.3, 0.4) is 0 Å². The summed E-state index contributed by atoms with van der Waals surface area (Å²) in [6, 6.07) is 9.44. The lowest BCUT2D eigenvalue weighted by molar-refractivity contribution is -0.137. The molecule has 0 spiro atoms. The summed E-state index contributed by atoms with van der Waals surface area (Å²) in [5, 5.41) is 6.71. The number of alkyl halides is 3. The molecular weight excluding hydrogens is 414 g/mol. The summed E-state index contributed by atoms with van der Waals surface area (Å²) < 4.78 is 53.4. The average Bonchev–Trinajstić information content (AvgIpc) is 3.01. The lowest BCUT2D eigenvalue weighted by Crippen LogP contribution is -2.33. The topological polar surface area (TPSA) is 64.0 Å². The van der Waals surface area contributed by atoms with Gasteiger partial charge >= 0.3 is 6.18 Å². The summed E-state index contributed by atoms with van der Waals surface area (Å²) in [4.78, 5) is 25.3. The van der Waals surface area contributed by atoms with Gasteiger partial charge in [0.15, 0.2) is 0 Å². The zero-order chi connectivity index (χ0) is 22.9. The maximum Gasteiger partial charge on any atom is 0.416 e. The van der Waals surface area contributed by atoms with Crippen molar-refractivity contribution in [2.75, 3.05) is 0 Å². The number of ketones is 1. The van der Waals surface area contributed by atoms with Crippen molar-refractivity contribution >= 4 is 11.7 Å². The van der Waals surface area contributed by atoms with Gasteiger partial charge in [-0.15, -0.1) is 0 Å². The molecule has 162 valence electrons. The fraction of sp³-hybridized carbons (Fsp3) is 0.227. The van der Waals surface area contributed by atoms with Gasteiger partial charge in [0, 0.05) is 0 Å². The first kappa shape index (κ1) is 22.2. The number of benzene rings is 2. The molecule has 1 N–H and O–H groups in total. The van der Waals surface area contributed by atoms with Crippen molar-refractivity contribution in [2.24, 2.45) is 0 Å². The second-order valence-electron chi connectivity index (χ2n) is 7.08. The number of aryl methyl sites for hydroxylation is 1. The fourth-order valence-electron chi connectivity index (χ4n) is 3.25. The highest BCUT2D eigenvalue weighted by Gasteiger charge is 2.31. The van der Waals surface area contributed by atoms with Crippen molar-refractivity contribution in [2.45, 2.75) is 33.0 Å². The molecule has 0 saturated heterocycles. The van der Waals surface area contributed by atoms with Crippen LogP contribution in [0.15, 0.2) is 48.5 Å². The third-order valence-corrected chi connectivity index (χ3v) is 4.86. The molecule has 0 fully saturated rings. The van der Waals surface area contributed by atoms with Crippen molar-refractivity contribution in [3.63, 3.8) is 0 Å². The quantitative estimate of drug-likeness (QED) is 0.360. The maximum atomic E-state index is 13.1. The van der Waals surface area contributed by atoms with Gasteiger partial charge in [-0.05, 0) is 56.7 Å². The summed E-state index contributed by atoms with van der Waals surface area (Å²) in [6.07, 6.45) is -4.53. The first-order chi connectivity index (χ1) is 14.5. The third-order valence-electron chi connectivity index (χ3n) is 4.86. The van der Waals surface area contributed by atoms with Crippen LogP contribution in [0, 0.1) is 19.7 Å². The summed E-state index contributed by atoms with van der Waals surface area (Å²) in [6.45, 7) is 4.65. The Labute approximate surface area is 175 Å². The lowest BCUT2D eigenvalue weighted by atomic mass is 10.1. The molecule has 3 aromatic rings. The Morgan fingerprint density at radius 1 is 1.06 bits per heavy atom. The number of hydrogen-bond donors (Lipinski definition) is 1. The van der Waals surface area contributed by atoms with Gasteiger partial charge in [-0.25, -0.2) is 9.07 Å². The largest absolute Gasteiger partial charge is 0.416 e. The van der Waals surface area contributed by atoms with E-state index >= 15 is 0 Å². The van der Waals surface area contributed by atoms with E-state index in [0.717, 1.165) is 12.1 Å². The minimum absolute atomic E-state index is 0.0150. The normalized spacial score (nSPS) is 12.5. The van der Waals surface area contributed by atoms with Crippen molar-refractivity contribution < 1.29 is 27.2 Å². The predicted molar refractivity (Wildman–Crippen MR) is 105 cm³/mol. The number of aromatic nitrogens is 2. The highest BCUT2D eigenvalue weighted by atomic mass is 19.4. The Kier molecular flexibility index (Phi) is 5.97. The van der Waals surface area contributed by atoms with E-state index in [0.29, 0.717) is 5.56 Å². The number of rotatable bonds is 5. The number of amides is 1. The molecule has 0 radical (unpaired) electrons. The molecule has 1 atom stereocenters. The molecule has 2 aromatic carbocycles. The molecule has 3 rings (SSSR count). The van der Waals surface area contributed by atoms with E-state index in [9.17, 15) is 27.2 Å². The van der Waals surface area contributed by atoms with Crippen molar-refractivity contribution in [3.8, 4) is 5.69 Å². The SMILES string of the molecule is Cc1nn(-c2cccc(C(F)(F)F)c2)c(C)c1C(=O)C(=O)N[C@@H](C)c1ccc(F)cc1. The zero-order valence-corrected chi connectivity index (χ0v) is 16.9. The monoisotopic (exact) mass is 433 g/mol. The number of carbonyl (C=O) groups excluding carboxylic acids is 2. The Morgan fingerprint density at radius 2 is 1.71 bits per heavy atom. The molecule has 0 aliphatic heterocycles. The summed E-state index contributed by atoms with van der Waals surface area (Å²) in [5.74, 6) is -2.18. The number of hydrogen-bond acceptors (Lipinski definition) is 3. The first-order valence-corrected chi connectivity index (χ1v) is 9.33. The van der Waals surface area contributed by atoms with Crippen LogP contribution in [0.1, 0.15) is 45.8 Å². The van der Waals surface area contributed by atoms with E-state index in [2.05, 4.69) is 10.4 Å².